The Kier molecular flexibility index (Phi) is 3.43. The molecule has 0 aliphatic carbocycles. The van der Waals surface area contributed by atoms with Gasteiger partial charge in [-0.2, -0.15) is 0 Å². The Hall–Kier alpha value is -1.10. The van der Waals surface area contributed by atoms with Crippen LogP contribution in [-0.4, -0.2) is 48.9 Å². The molecular weight excluding hydrogens is 206 g/mol. The predicted octanol–water partition coefficient (Wildman–Crippen LogP) is -0.667. The molecule has 0 aromatic heterocycles. The summed E-state index contributed by atoms with van der Waals surface area (Å²) >= 11 is 0. The van der Waals surface area contributed by atoms with Gasteiger partial charge >= 0.3 is 0 Å². The van der Waals surface area contributed by atoms with E-state index in [0.29, 0.717) is 19.4 Å². The average molecular weight is 225 g/mol. The number of piperazine rings is 1. The van der Waals surface area contributed by atoms with Crippen LogP contribution in [0, 0.1) is 5.92 Å². The van der Waals surface area contributed by atoms with E-state index in [1.165, 1.54) is 0 Å². The summed E-state index contributed by atoms with van der Waals surface area (Å²) in [6.45, 7) is 5.09. The fourth-order valence-corrected chi connectivity index (χ4v) is 2.35. The van der Waals surface area contributed by atoms with Crippen LogP contribution in [0.3, 0.4) is 0 Å². The lowest BCUT2D eigenvalue weighted by atomic mass is 9.96. The average Bonchev–Trinajstić information content (AvgIpc) is 2.30. The SMILES string of the molecule is C[C@H]1CNCCN1C(=O)C1CCC(=O)NC1. The lowest BCUT2D eigenvalue weighted by Crippen LogP contribution is -2.55. The van der Waals surface area contributed by atoms with E-state index in [-0.39, 0.29) is 23.8 Å². The van der Waals surface area contributed by atoms with Gasteiger partial charge in [0, 0.05) is 38.6 Å². The summed E-state index contributed by atoms with van der Waals surface area (Å²) in [6.07, 6.45) is 1.18. The maximum atomic E-state index is 12.2. The minimum atomic E-state index is -0.0155. The van der Waals surface area contributed by atoms with Gasteiger partial charge in [0.25, 0.3) is 0 Å². The van der Waals surface area contributed by atoms with Gasteiger partial charge in [-0.05, 0) is 13.3 Å². The molecule has 90 valence electrons. The van der Waals surface area contributed by atoms with Crippen molar-refractivity contribution in [2.75, 3.05) is 26.2 Å². The Balaban J connectivity index is 1.93. The number of nitrogens with zero attached hydrogens (tertiary/aromatic N) is 1. The van der Waals surface area contributed by atoms with E-state index in [4.69, 9.17) is 0 Å². The maximum Gasteiger partial charge on any atom is 0.227 e. The molecule has 2 aliphatic heterocycles. The van der Waals surface area contributed by atoms with Gasteiger partial charge in [0.05, 0.1) is 5.92 Å². The molecule has 2 rings (SSSR count). The molecule has 0 bridgehead atoms. The van der Waals surface area contributed by atoms with Gasteiger partial charge in [-0.25, -0.2) is 0 Å². The van der Waals surface area contributed by atoms with Crippen LogP contribution in [-0.2, 0) is 9.59 Å². The Morgan fingerprint density at radius 3 is 2.88 bits per heavy atom. The van der Waals surface area contributed by atoms with Gasteiger partial charge in [0.1, 0.15) is 0 Å². The van der Waals surface area contributed by atoms with Gasteiger partial charge in [-0.3, -0.25) is 9.59 Å². The van der Waals surface area contributed by atoms with Crippen molar-refractivity contribution in [1.82, 2.24) is 15.5 Å². The molecule has 0 aromatic rings. The highest BCUT2D eigenvalue weighted by molar-refractivity contribution is 5.84. The quantitative estimate of drug-likeness (QED) is 0.622. The van der Waals surface area contributed by atoms with E-state index in [2.05, 4.69) is 17.6 Å². The number of carbonyl (C=O) groups is 2. The zero-order valence-electron chi connectivity index (χ0n) is 9.66. The molecule has 0 radical (unpaired) electrons. The van der Waals surface area contributed by atoms with E-state index in [1.807, 2.05) is 4.90 Å². The first-order chi connectivity index (χ1) is 7.68. The van der Waals surface area contributed by atoms with E-state index >= 15 is 0 Å². The van der Waals surface area contributed by atoms with Gasteiger partial charge in [0.15, 0.2) is 0 Å². The third kappa shape index (κ3) is 2.35. The molecular formula is C11H19N3O2. The molecule has 2 saturated heterocycles. The number of piperidine rings is 1. The largest absolute Gasteiger partial charge is 0.355 e. The first-order valence-electron chi connectivity index (χ1n) is 5.96. The molecule has 5 nitrogen and oxygen atoms in total. The van der Waals surface area contributed by atoms with Gasteiger partial charge < -0.3 is 15.5 Å². The highest BCUT2D eigenvalue weighted by Crippen LogP contribution is 2.16. The van der Waals surface area contributed by atoms with E-state index in [0.717, 1.165) is 19.6 Å². The zero-order chi connectivity index (χ0) is 11.5. The third-order valence-corrected chi connectivity index (χ3v) is 3.40. The van der Waals surface area contributed by atoms with Crippen LogP contribution in [0.25, 0.3) is 0 Å². The first-order valence-corrected chi connectivity index (χ1v) is 5.96. The molecule has 2 heterocycles. The van der Waals surface area contributed by atoms with Crippen molar-refractivity contribution < 1.29 is 9.59 Å². The number of hydrogen-bond donors (Lipinski definition) is 2. The maximum absolute atomic E-state index is 12.2. The Morgan fingerprint density at radius 2 is 2.25 bits per heavy atom. The summed E-state index contributed by atoms with van der Waals surface area (Å²) in [7, 11) is 0. The van der Waals surface area contributed by atoms with Crippen LogP contribution in [0.5, 0.6) is 0 Å². The molecule has 16 heavy (non-hydrogen) atoms. The topological polar surface area (TPSA) is 61.4 Å². The summed E-state index contributed by atoms with van der Waals surface area (Å²) in [4.78, 5) is 25.2. The molecule has 2 N–H and O–H groups in total. The van der Waals surface area contributed by atoms with E-state index in [9.17, 15) is 9.59 Å². The molecule has 0 aromatic carbocycles. The predicted molar refractivity (Wildman–Crippen MR) is 59.8 cm³/mol. The Bertz CT molecular complexity index is 283. The first kappa shape index (κ1) is 11.4. The van der Waals surface area contributed by atoms with Crippen molar-refractivity contribution in [3.8, 4) is 0 Å². The van der Waals surface area contributed by atoms with Gasteiger partial charge in [-0.1, -0.05) is 0 Å². The molecule has 5 heteroatoms. The second-order valence-electron chi connectivity index (χ2n) is 4.62. The van der Waals surface area contributed by atoms with Crippen molar-refractivity contribution in [3.05, 3.63) is 0 Å². The van der Waals surface area contributed by atoms with Crippen LogP contribution in [0.2, 0.25) is 0 Å². The van der Waals surface area contributed by atoms with Gasteiger partial charge in [0.2, 0.25) is 11.8 Å². The van der Waals surface area contributed by atoms with Crippen molar-refractivity contribution in [1.29, 1.82) is 0 Å². The van der Waals surface area contributed by atoms with Crippen LogP contribution in [0.15, 0.2) is 0 Å². The smallest absolute Gasteiger partial charge is 0.227 e. The summed E-state index contributed by atoms with van der Waals surface area (Å²) < 4.78 is 0. The molecule has 0 spiro atoms. The molecule has 2 amide bonds. The van der Waals surface area contributed by atoms with Crippen molar-refractivity contribution in [3.63, 3.8) is 0 Å². The van der Waals surface area contributed by atoms with Gasteiger partial charge in [-0.15, -0.1) is 0 Å². The van der Waals surface area contributed by atoms with Crippen LogP contribution in [0.1, 0.15) is 19.8 Å². The van der Waals surface area contributed by atoms with Crippen molar-refractivity contribution >= 4 is 11.8 Å². The normalized spacial score (nSPS) is 31.1. The summed E-state index contributed by atoms with van der Waals surface area (Å²) in [5, 5.41) is 6.03. The summed E-state index contributed by atoms with van der Waals surface area (Å²) in [5.41, 5.74) is 0. The lowest BCUT2D eigenvalue weighted by Gasteiger charge is -2.37. The Morgan fingerprint density at radius 1 is 1.44 bits per heavy atom. The van der Waals surface area contributed by atoms with Crippen LogP contribution >= 0.6 is 0 Å². The summed E-state index contributed by atoms with van der Waals surface area (Å²) in [5.74, 6) is 0.254. The highest BCUT2D eigenvalue weighted by atomic mass is 16.2. The second-order valence-corrected chi connectivity index (χ2v) is 4.62. The molecule has 2 fully saturated rings. The number of rotatable bonds is 1. The van der Waals surface area contributed by atoms with Crippen LogP contribution in [0.4, 0.5) is 0 Å². The second kappa shape index (κ2) is 4.82. The molecule has 1 unspecified atom stereocenters. The molecule has 2 atom stereocenters. The minimum Gasteiger partial charge on any atom is -0.355 e. The summed E-state index contributed by atoms with van der Waals surface area (Å²) in [6, 6.07) is 0.263. The zero-order valence-corrected chi connectivity index (χ0v) is 9.66. The number of amides is 2. The minimum absolute atomic E-state index is 0.0155. The van der Waals surface area contributed by atoms with E-state index < -0.39 is 0 Å². The highest BCUT2D eigenvalue weighted by Gasteiger charge is 2.31. The van der Waals surface area contributed by atoms with Crippen LogP contribution < -0.4 is 10.6 Å². The Labute approximate surface area is 95.6 Å². The fourth-order valence-electron chi connectivity index (χ4n) is 2.35. The monoisotopic (exact) mass is 225 g/mol. The standard InChI is InChI=1S/C11H19N3O2/c1-8-6-12-4-5-14(8)11(16)9-2-3-10(15)13-7-9/h8-9,12H,2-7H2,1H3,(H,13,15)/t8-,9?/m0/s1. The van der Waals surface area contributed by atoms with Crippen molar-refractivity contribution in [2.45, 2.75) is 25.8 Å². The fraction of sp³-hybridized carbons (Fsp3) is 0.818. The third-order valence-electron chi connectivity index (χ3n) is 3.40. The number of hydrogen-bond acceptors (Lipinski definition) is 3. The number of carbonyl (C=O) groups excluding carboxylic acids is 2. The number of nitrogens with one attached hydrogen (secondary N) is 2. The lowest BCUT2D eigenvalue weighted by molar-refractivity contribution is -0.140. The van der Waals surface area contributed by atoms with E-state index in [1.54, 1.807) is 0 Å². The molecule has 2 aliphatic rings. The van der Waals surface area contributed by atoms with Crippen molar-refractivity contribution in [2.24, 2.45) is 5.92 Å². The molecule has 0 saturated carbocycles.